The Balaban J connectivity index is 1.97. The Labute approximate surface area is 115 Å². The van der Waals surface area contributed by atoms with Gasteiger partial charge in [0, 0.05) is 6.04 Å². The first-order valence-electron chi connectivity index (χ1n) is 6.97. The predicted molar refractivity (Wildman–Crippen MR) is 79.1 cm³/mol. The lowest BCUT2D eigenvalue weighted by atomic mass is 10.0. The molecule has 1 atom stereocenters. The largest absolute Gasteiger partial charge is 0.397 e. The molecule has 2 rings (SSSR count). The van der Waals surface area contributed by atoms with Gasteiger partial charge in [0.05, 0.1) is 17.9 Å². The van der Waals surface area contributed by atoms with Crippen LogP contribution in [0.5, 0.6) is 0 Å². The number of benzene rings is 1. The first-order chi connectivity index (χ1) is 9.08. The number of nitrogens with one attached hydrogen (secondary N) is 1. The number of piperidine rings is 1. The fraction of sp³-hybridized carbons (Fsp3) is 0.533. The molecular weight excluding hydrogens is 238 g/mol. The summed E-state index contributed by atoms with van der Waals surface area (Å²) in [5.74, 6) is 0.0229. The SMILES string of the molecule is Cc1cccc(N)c1NC(=O)CN1CCCCC1C. The fourth-order valence-electron chi connectivity index (χ4n) is 2.62. The van der Waals surface area contributed by atoms with Gasteiger partial charge in [-0.05, 0) is 44.9 Å². The van der Waals surface area contributed by atoms with Gasteiger partial charge in [0.25, 0.3) is 0 Å². The molecule has 1 saturated heterocycles. The zero-order valence-corrected chi connectivity index (χ0v) is 11.8. The number of likely N-dealkylation sites (tertiary alicyclic amines) is 1. The van der Waals surface area contributed by atoms with Gasteiger partial charge >= 0.3 is 0 Å². The summed E-state index contributed by atoms with van der Waals surface area (Å²) in [5, 5.41) is 2.94. The van der Waals surface area contributed by atoms with Gasteiger partial charge in [-0.1, -0.05) is 18.6 Å². The fourth-order valence-corrected chi connectivity index (χ4v) is 2.62. The van der Waals surface area contributed by atoms with E-state index >= 15 is 0 Å². The van der Waals surface area contributed by atoms with E-state index in [9.17, 15) is 4.79 Å². The summed E-state index contributed by atoms with van der Waals surface area (Å²) in [4.78, 5) is 14.4. The molecule has 4 nitrogen and oxygen atoms in total. The first-order valence-corrected chi connectivity index (χ1v) is 6.97. The molecule has 104 valence electrons. The monoisotopic (exact) mass is 261 g/mol. The van der Waals surface area contributed by atoms with Crippen LogP contribution in [0.1, 0.15) is 31.7 Å². The average molecular weight is 261 g/mol. The third kappa shape index (κ3) is 3.47. The quantitative estimate of drug-likeness (QED) is 0.821. The van der Waals surface area contributed by atoms with Crippen molar-refractivity contribution in [2.24, 2.45) is 0 Å². The number of carbonyl (C=O) groups excluding carboxylic acids is 1. The van der Waals surface area contributed by atoms with Gasteiger partial charge in [-0.3, -0.25) is 9.69 Å². The van der Waals surface area contributed by atoms with Crippen molar-refractivity contribution in [3.05, 3.63) is 23.8 Å². The van der Waals surface area contributed by atoms with Gasteiger partial charge < -0.3 is 11.1 Å². The third-order valence-corrected chi connectivity index (χ3v) is 3.86. The highest BCUT2D eigenvalue weighted by Crippen LogP contribution is 2.23. The van der Waals surface area contributed by atoms with Crippen molar-refractivity contribution >= 4 is 17.3 Å². The smallest absolute Gasteiger partial charge is 0.238 e. The molecule has 1 aliphatic rings. The molecule has 1 aromatic rings. The molecule has 3 N–H and O–H groups in total. The molecule has 0 aromatic heterocycles. The minimum atomic E-state index is 0.0229. The molecule has 1 aliphatic heterocycles. The van der Waals surface area contributed by atoms with E-state index in [1.807, 2.05) is 25.1 Å². The van der Waals surface area contributed by atoms with Crippen molar-refractivity contribution in [2.45, 2.75) is 39.2 Å². The van der Waals surface area contributed by atoms with Crippen molar-refractivity contribution in [1.82, 2.24) is 4.90 Å². The molecule has 1 amide bonds. The topological polar surface area (TPSA) is 58.4 Å². The van der Waals surface area contributed by atoms with E-state index in [-0.39, 0.29) is 5.91 Å². The van der Waals surface area contributed by atoms with Gasteiger partial charge in [-0.2, -0.15) is 0 Å². The maximum atomic E-state index is 12.1. The van der Waals surface area contributed by atoms with Crippen LogP contribution in [0.3, 0.4) is 0 Å². The van der Waals surface area contributed by atoms with E-state index in [0.717, 1.165) is 17.8 Å². The number of aryl methyl sites for hydroxylation is 1. The van der Waals surface area contributed by atoms with Crippen LogP contribution in [0.15, 0.2) is 18.2 Å². The summed E-state index contributed by atoms with van der Waals surface area (Å²) in [6.07, 6.45) is 3.63. The molecule has 0 bridgehead atoms. The van der Waals surface area contributed by atoms with Gasteiger partial charge in [0.15, 0.2) is 0 Å². The summed E-state index contributed by atoms with van der Waals surface area (Å²) in [6, 6.07) is 6.16. The zero-order chi connectivity index (χ0) is 13.8. The zero-order valence-electron chi connectivity index (χ0n) is 11.8. The summed E-state index contributed by atoms with van der Waals surface area (Å²) in [7, 11) is 0. The number of hydrogen-bond acceptors (Lipinski definition) is 3. The first kappa shape index (κ1) is 13.9. The highest BCUT2D eigenvalue weighted by Gasteiger charge is 2.20. The maximum absolute atomic E-state index is 12.1. The summed E-state index contributed by atoms with van der Waals surface area (Å²) < 4.78 is 0. The molecule has 4 heteroatoms. The van der Waals surface area contributed by atoms with Crippen molar-refractivity contribution in [2.75, 3.05) is 24.1 Å². The average Bonchev–Trinajstić information content (AvgIpc) is 2.37. The minimum absolute atomic E-state index is 0.0229. The van der Waals surface area contributed by atoms with Crippen molar-refractivity contribution < 1.29 is 4.79 Å². The minimum Gasteiger partial charge on any atom is -0.397 e. The molecule has 1 fully saturated rings. The molecule has 0 spiro atoms. The van der Waals surface area contributed by atoms with Gasteiger partial charge in [0.2, 0.25) is 5.91 Å². The van der Waals surface area contributed by atoms with E-state index < -0.39 is 0 Å². The van der Waals surface area contributed by atoms with E-state index in [4.69, 9.17) is 5.73 Å². The lowest BCUT2D eigenvalue weighted by Crippen LogP contribution is -2.42. The van der Waals surface area contributed by atoms with Crippen LogP contribution in [0, 0.1) is 6.92 Å². The standard InChI is InChI=1S/C15H23N3O/c1-11-6-5-8-13(16)15(11)17-14(19)10-18-9-4-3-7-12(18)2/h5-6,8,12H,3-4,7,9-10,16H2,1-2H3,(H,17,19). The Morgan fingerprint density at radius 1 is 1.47 bits per heavy atom. The normalized spacial score (nSPS) is 20.2. The van der Waals surface area contributed by atoms with E-state index in [1.54, 1.807) is 0 Å². The lowest BCUT2D eigenvalue weighted by molar-refractivity contribution is -0.118. The maximum Gasteiger partial charge on any atom is 0.238 e. The number of nitrogen functional groups attached to an aromatic ring is 1. The number of anilines is 2. The highest BCUT2D eigenvalue weighted by molar-refractivity contribution is 5.96. The predicted octanol–water partition coefficient (Wildman–Crippen LogP) is 2.39. The van der Waals surface area contributed by atoms with Crippen LogP contribution < -0.4 is 11.1 Å². The number of carbonyl (C=O) groups is 1. The van der Waals surface area contributed by atoms with Crippen LogP contribution in [-0.2, 0) is 4.79 Å². The van der Waals surface area contributed by atoms with Crippen LogP contribution in [0.25, 0.3) is 0 Å². The molecular formula is C15H23N3O. The van der Waals surface area contributed by atoms with Gasteiger partial charge in [-0.25, -0.2) is 0 Å². The second kappa shape index (κ2) is 6.06. The number of para-hydroxylation sites is 1. The Morgan fingerprint density at radius 3 is 2.95 bits per heavy atom. The second-order valence-electron chi connectivity index (χ2n) is 5.40. The summed E-state index contributed by atoms with van der Waals surface area (Å²) in [5.41, 5.74) is 8.27. The Kier molecular flexibility index (Phi) is 4.43. The molecule has 19 heavy (non-hydrogen) atoms. The Bertz CT molecular complexity index is 438. The molecule has 1 aromatic carbocycles. The molecule has 1 unspecified atom stereocenters. The summed E-state index contributed by atoms with van der Waals surface area (Å²) in [6.45, 7) is 5.61. The number of nitrogens with zero attached hydrogens (tertiary/aromatic N) is 1. The van der Waals surface area contributed by atoms with Crippen molar-refractivity contribution in [3.63, 3.8) is 0 Å². The van der Waals surface area contributed by atoms with Crippen LogP contribution in [0.4, 0.5) is 11.4 Å². The Morgan fingerprint density at radius 2 is 2.26 bits per heavy atom. The molecule has 0 aliphatic carbocycles. The van der Waals surface area contributed by atoms with Gasteiger partial charge in [-0.15, -0.1) is 0 Å². The van der Waals surface area contributed by atoms with Gasteiger partial charge in [0.1, 0.15) is 0 Å². The highest BCUT2D eigenvalue weighted by atomic mass is 16.2. The molecule has 0 saturated carbocycles. The van der Waals surface area contributed by atoms with Crippen LogP contribution in [-0.4, -0.2) is 29.9 Å². The Hall–Kier alpha value is -1.55. The molecule has 1 heterocycles. The van der Waals surface area contributed by atoms with Crippen LogP contribution in [0.2, 0.25) is 0 Å². The van der Waals surface area contributed by atoms with Crippen molar-refractivity contribution in [1.29, 1.82) is 0 Å². The van der Waals surface area contributed by atoms with E-state index in [2.05, 4.69) is 17.1 Å². The summed E-state index contributed by atoms with van der Waals surface area (Å²) >= 11 is 0. The number of nitrogens with two attached hydrogens (primary N) is 1. The number of hydrogen-bond donors (Lipinski definition) is 2. The third-order valence-electron chi connectivity index (χ3n) is 3.86. The van der Waals surface area contributed by atoms with E-state index in [0.29, 0.717) is 18.3 Å². The number of rotatable bonds is 3. The lowest BCUT2D eigenvalue weighted by Gasteiger charge is -2.32. The molecule has 0 radical (unpaired) electrons. The van der Waals surface area contributed by atoms with E-state index in [1.165, 1.54) is 19.3 Å². The van der Waals surface area contributed by atoms with Crippen molar-refractivity contribution in [3.8, 4) is 0 Å². The second-order valence-corrected chi connectivity index (χ2v) is 5.40. The number of amides is 1. The van der Waals surface area contributed by atoms with Crippen LogP contribution >= 0.6 is 0 Å².